The van der Waals surface area contributed by atoms with Crippen molar-refractivity contribution in [1.29, 1.82) is 0 Å². The maximum absolute atomic E-state index is 9.04. The van der Waals surface area contributed by atoms with Gasteiger partial charge in [-0.2, -0.15) is 0 Å². The highest BCUT2D eigenvalue weighted by molar-refractivity contribution is 5.85. The van der Waals surface area contributed by atoms with Crippen molar-refractivity contribution in [3.05, 3.63) is 35.4 Å². The van der Waals surface area contributed by atoms with E-state index in [2.05, 4.69) is 24.4 Å². The lowest BCUT2D eigenvalue weighted by molar-refractivity contribution is 0.191. The van der Waals surface area contributed by atoms with Crippen molar-refractivity contribution in [1.82, 2.24) is 5.32 Å². The zero-order valence-corrected chi connectivity index (χ0v) is 9.47. The van der Waals surface area contributed by atoms with Crippen LogP contribution in [0, 0.1) is 6.92 Å². The fourth-order valence-corrected chi connectivity index (χ4v) is 1.22. The summed E-state index contributed by atoms with van der Waals surface area (Å²) in [5.74, 6) is 0. The molecule has 1 rings (SSSR count). The summed E-state index contributed by atoms with van der Waals surface area (Å²) in [4.78, 5) is 0. The summed E-state index contributed by atoms with van der Waals surface area (Å²) < 4.78 is 0. The number of hydrogen-bond donors (Lipinski definition) is 2. The number of hydrogen-bond acceptors (Lipinski definition) is 2. The molecule has 2 nitrogen and oxygen atoms in total. The minimum absolute atomic E-state index is 0. The van der Waals surface area contributed by atoms with E-state index in [4.69, 9.17) is 5.11 Å². The van der Waals surface area contributed by atoms with Gasteiger partial charge in [0.25, 0.3) is 0 Å². The summed E-state index contributed by atoms with van der Waals surface area (Å²) in [6.45, 7) is 5.36. The SMILES string of the molecule is Cc1ccccc1CNCC(C)O.Cl. The van der Waals surface area contributed by atoms with Crippen LogP contribution in [0.2, 0.25) is 0 Å². The van der Waals surface area contributed by atoms with E-state index in [-0.39, 0.29) is 18.5 Å². The van der Waals surface area contributed by atoms with Crippen LogP contribution in [0.25, 0.3) is 0 Å². The molecule has 0 aromatic heterocycles. The molecule has 0 saturated heterocycles. The van der Waals surface area contributed by atoms with Gasteiger partial charge < -0.3 is 10.4 Å². The molecule has 0 heterocycles. The Hall–Kier alpha value is -0.570. The monoisotopic (exact) mass is 215 g/mol. The summed E-state index contributed by atoms with van der Waals surface area (Å²) in [6.07, 6.45) is -0.274. The average molecular weight is 216 g/mol. The predicted octanol–water partition coefficient (Wildman–Crippen LogP) is 1.89. The molecule has 0 fully saturated rings. The maximum atomic E-state index is 9.04. The number of aryl methyl sites for hydroxylation is 1. The Labute approximate surface area is 91.8 Å². The summed E-state index contributed by atoms with van der Waals surface area (Å²) in [5, 5.41) is 12.2. The number of benzene rings is 1. The van der Waals surface area contributed by atoms with Gasteiger partial charge in [0.1, 0.15) is 0 Å². The third-order valence-electron chi connectivity index (χ3n) is 2.02. The molecule has 0 saturated carbocycles. The van der Waals surface area contributed by atoms with E-state index in [1.807, 2.05) is 12.1 Å². The van der Waals surface area contributed by atoms with E-state index in [1.54, 1.807) is 6.92 Å². The minimum atomic E-state index is -0.274. The molecule has 80 valence electrons. The van der Waals surface area contributed by atoms with Crippen LogP contribution in [0.1, 0.15) is 18.1 Å². The van der Waals surface area contributed by atoms with Crippen LogP contribution in [0.3, 0.4) is 0 Å². The third-order valence-corrected chi connectivity index (χ3v) is 2.02. The average Bonchev–Trinajstić information content (AvgIpc) is 2.08. The van der Waals surface area contributed by atoms with Crippen LogP contribution in [0.4, 0.5) is 0 Å². The Morgan fingerprint density at radius 3 is 2.57 bits per heavy atom. The van der Waals surface area contributed by atoms with Gasteiger partial charge in [-0.15, -0.1) is 12.4 Å². The lowest BCUT2D eigenvalue weighted by Gasteiger charge is -2.08. The highest BCUT2D eigenvalue weighted by Gasteiger charge is 1.97. The predicted molar refractivity (Wildman–Crippen MR) is 61.8 cm³/mol. The molecular formula is C11H18ClNO. The van der Waals surface area contributed by atoms with Crippen LogP contribution in [0.5, 0.6) is 0 Å². The maximum Gasteiger partial charge on any atom is 0.0636 e. The molecule has 0 bridgehead atoms. The van der Waals surface area contributed by atoms with Gasteiger partial charge in [-0.3, -0.25) is 0 Å². The zero-order valence-electron chi connectivity index (χ0n) is 8.66. The molecule has 0 aliphatic rings. The van der Waals surface area contributed by atoms with Crippen molar-refractivity contribution in [2.75, 3.05) is 6.54 Å². The molecule has 0 aliphatic carbocycles. The van der Waals surface area contributed by atoms with Crippen molar-refractivity contribution in [3.8, 4) is 0 Å². The summed E-state index contributed by atoms with van der Waals surface area (Å²) in [7, 11) is 0. The Kier molecular flexibility index (Phi) is 6.54. The summed E-state index contributed by atoms with van der Waals surface area (Å²) in [6, 6.07) is 8.27. The number of halogens is 1. The lowest BCUT2D eigenvalue weighted by atomic mass is 10.1. The summed E-state index contributed by atoms with van der Waals surface area (Å²) in [5.41, 5.74) is 2.59. The molecule has 0 spiro atoms. The van der Waals surface area contributed by atoms with Crippen LogP contribution in [0.15, 0.2) is 24.3 Å². The third kappa shape index (κ3) is 4.61. The molecule has 14 heavy (non-hydrogen) atoms. The molecule has 0 radical (unpaired) electrons. The van der Waals surface area contributed by atoms with Crippen LogP contribution in [-0.2, 0) is 6.54 Å². The Bertz CT molecular complexity index is 263. The Morgan fingerprint density at radius 2 is 2.00 bits per heavy atom. The van der Waals surface area contributed by atoms with Crippen molar-refractivity contribution in [3.63, 3.8) is 0 Å². The van der Waals surface area contributed by atoms with Crippen molar-refractivity contribution in [2.45, 2.75) is 26.5 Å². The topological polar surface area (TPSA) is 32.3 Å². The smallest absolute Gasteiger partial charge is 0.0636 e. The van der Waals surface area contributed by atoms with Crippen LogP contribution < -0.4 is 5.32 Å². The van der Waals surface area contributed by atoms with E-state index < -0.39 is 0 Å². The second-order valence-electron chi connectivity index (χ2n) is 3.41. The quantitative estimate of drug-likeness (QED) is 0.804. The van der Waals surface area contributed by atoms with Gasteiger partial charge in [-0.1, -0.05) is 24.3 Å². The molecular weight excluding hydrogens is 198 g/mol. The second kappa shape index (κ2) is 6.82. The Morgan fingerprint density at radius 1 is 1.36 bits per heavy atom. The van der Waals surface area contributed by atoms with Gasteiger partial charge in [0, 0.05) is 13.1 Å². The zero-order chi connectivity index (χ0) is 9.68. The first-order chi connectivity index (χ1) is 6.20. The molecule has 1 unspecified atom stereocenters. The Balaban J connectivity index is 0.00000169. The summed E-state index contributed by atoms with van der Waals surface area (Å²) >= 11 is 0. The minimum Gasteiger partial charge on any atom is -0.392 e. The van der Waals surface area contributed by atoms with E-state index in [0.717, 1.165) is 6.54 Å². The van der Waals surface area contributed by atoms with Gasteiger partial charge in [-0.25, -0.2) is 0 Å². The first kappa shape index (κ1) is 13.4. The number of aliphatic hydroxyl groups is 1. The molecule has 0 aliphatic heterocycles. The van der Waals surface area contributed by atoms with Crippen LogP contribution in [-0.4, -0.2) is 17.8 Å². The first-order valence-electron chi connectivity index (χ1n) is 4.63. The fourth-order valence-electron chi connectivity index (χ4n) is 1.22. The lowest BCUT2D eigenvalue weighted by Crippen LogP contribution is -2.24. The van der Waals surface area contributed by atoms with Crippen molar-refractivity contribution in [2.24, 2.45) is 0 Å². The van der Waals surface area contributed by atoms with E-state index in [9.17, 15) is 0 Å². The highest BCUT2D eigenvalue weighted by Crippen LogP contribution is 2.05. The van der Waals surface area contributed by atoms with E-state index in [1.165, 1.54) is 11.1 Å². The molecule has 0 amide bonds. The van der Waals surface area contributed by atoms with Gasteiger partial charge in [-0.05, 0) is 25.0 Å². The van der Waals surface area contributed by atoms with Gasteiger partial charge >= 0.3 is 0 Å². The van der Waals surface area contributed by atoms with Crippen molar-refractivity contribution < 1.29 is 5.11 Å². The highest BCUT2D eigenvalue weighted by atomic mass is 35.5. The fraction of sp³-hybridized carbons (Fsp3) is 0.455. The molecule has 1 aromatic carbocycles. The molecule has 1 aromatic rings. The van der Waals surface area contributed by atoms with Crippen molar-refractivity contribution >= 4 is 12.4 Å². The standard InChI is InChI=1S/C11H17NO.ClH/c1-9-5-3-4-6-11(9)8-12-7-10(2)13;/h3-6,10,12-13H,7-8H2,1-2H3;1H. The molecule has 3 heteroatoms. The normalized spacial score (nSPS) is 11.9. The van der Waals surface area contributed by atoms with Gasteiger partial charge in [0.05, 0.1) is 6.10 Å². The second-order valence-corrected chi connectivity index (χ2v) is 3.41. The largest absolute Gasteiger partial charge is 0.392 e. The number of nitrogens with one attached hydrogen (secondary N) is 1. The van der Waals surface area contributed by atoms with E-state index >= 15 is 0 Å². The number of rotatable bonds is 4. The molecule has 2 N–H and O–H groups in total. The van der Waals surface area contributed by atoms with Crippen LogP contribution >= 0.6 is 12.4 Å². The number of aliphatic hydroxyl groups excluding tert-OH is 1. The molecule has 1 atom stereocenters. The van der Waals surface area contributed by atoms with Gasteiger partial charge in [0.2, 0.25) is 0 Å². The van der Waals surface area contributed by atoms with Gasteiger partial charge in [0.15, 0.2) is 0 Å². The van der Waals surface area contributed by atoms with E-state index in [0.29, 0.717) is 6.54 Å². The first-order valence-corrected chi connectivity index (χ1v) is 4.63.